The monoisotopic (exact) mass is 159 g/mol. The van der Waals surface area contributed by atoms with Crippen LogP contribution in [0, 0.1) is 0 Å². The van der Waals surface area contributed by atoms with Crippen LogP contribution in [0.15, 0.2) is 5.16 Å². The highest BCUT2D eigenvalue weighted by molar-refractivity contribution is 6.25. The molecule has 0 rings (SSSR count). The Balaban J connectivity index is 3.77. The summed E-state index contributed by atoms with van der Waals surface area (Å²) in [6, 6.07) is 0. The van der Waals surface area contributed by atoms with Crippen molar-refractivity contribution in [3.8, 4) is 0 Å². The maximum atomic E-state index is 8.53. The Morgan fingerprint density at radius 2 is 2.20 bits per heavy atom. The summed E-state index contributed by atoms with van der Waals surface area (Å²) in [6.45, 7) is 4.20. The molecule has 2 nitrogen and oxygen atoms in total. The summed E-state index contributed by atoms with van der Waals surface area (Å²) in [5.41, 5.74) is 1.56. The molecule has 0 aliphatic carbocycles. The summed E-state index contributed by atoms with van der Waals surface area (Å²) >= 11 is 0. The van der Waals surface area contributed by atoms with Gasteiger partial charge < -0.3 is 5.21 Å². The first-order valence-electron chi connectivity index (χ1n) is 3.97. The molecule has 3 heteroatoms. The van der Waals surface area contributed by atoms with Crippen LogP contribution in [0.5, 0.6) is 0 Å². The van der Waals surface area contributed by atoms with E-state index in [-0.39, 0.29) is 0 Å². The quantitative estimate of drug-likeness (QED) is 0.284. The molecule has 0 fully saturated rings. The Kier molecular flexibility index (Phi) is 5.30. The van der Waals surface area contributed by atoms with E-state index in [0.717, 1.165) is 22.4 Å². The third kappa shape index (κ3) is 3.01. The number of nitrogens with zero attached hydrogens (tertiary/aromatic N) is 1. The van der Waals surface area contributed by atoms with Gasteiger partial charge in [0.1, 0.15) is 0 Å². The predicted molar refractivity (Wildman–Crippen MR) is 48.1 cm³/mol. The molecule has 0 bridgehead atoms. The summed E-state index contributed by atoms with van der Waals surface area (Å²) in [4.78, 5) is 0. The van der Waals surface area contributed by atoms with Crippen molar-refractivity contribution in [2.45, 2.75) is 38.7 Å². The fourth-order valence-corrected chi connectivity index (χ4v) is 2.22. The Hall–Kier alpha value is -0.313. The van der Waals surface area contributed by atoms with E-state index < -0.39 is 0 Å². The number of rotatable bonds is 4. The van der Waals surface area contributed by atoms with Gasteiger partial charge in [-0.15, -0.1) is 0 Å². The van der Waals surface area contributed by atoms with Gasteiger partial charge in [0.2, 0.25) is 0 Å². The van der Waals surface area contributed by atoms with Crippen molar-refractivity contribution in [3.63, 3.8) is 0 Å². The van der Waals surface area contributed by atoms with Crippen LogP contribution in [-0.4, -0.2) is 21.2 Å². The zero-order chi connectivity index (χ0) is 7.98. The third-order valence-electron chi connectivity index (χ3n) is 1.78. The highest BCUT2D eigenvalue weighted by Crippen LogP contribution is 2.12. The molecule has 10 heavy (non-hydrogen) atoms. The van der Waals surface area contributed by atoms with Gasteiger partial charge in [0.15, 0.2) is 0 Å². The predicted octanol–water partition coefficient (Wildman–Crippen LogP) is 1.18. The Labute approximate surface area is 65.7 Å². The smallest absolute Gasteiger partial charge is 0.0562 e. The molecular weight excluding hydrogens is 142 g/mol. The summed E-state index contributed by atoms with van der Waals surface area (Å²) in [7, 11) is 1.11. The second kappa shape index (κ2) is 5.47. The van der Waals surface area contributed by atoms with Crippen LogP contribution in [0.4, 0.5) is 0 Å². The van der Waals surface area contributed by atoms with E-state index in [1.807, 2.05) is 6.92 Å². The van der Waals surface area contributed by atoms with Crippen LogP contribution in [-0.2, 0) is 0 Å². The Bertz CT molecular complexity index is 114. The number of hydrogen-bond acceptors (Lipinski definition) is 2. The first-order valence-corrected chi connectivity index (χ1v) is 5.12. The molecule has 0 heterocycles. The van der Waals surface area contributed by atoms with Crippen LogP contribution in [0.2, 0.25) is 5.54 Å². The van der Waals surface area contributed by atoms with E-state index in [1.54, 1.807) is 0 Å². The van der Waals surface area contributed by atoms with Crippen LogP contribution >= 0.6 is 0 Å². The van der Waals surface area contributed by atoms with Gasteiger partial charge in [-0.2, -0.15) is 0 Å². The first-order chi connectivity index (χ1) is 4.76. The molecule has 0 amide bonds. The summed E-state index contributed by atoms with van der Waals surface area (Å²) in [6.07, 6.45) is 3.26. The van der Waals surface area contributed by atoms with Gasteiger partial charge in [-0.3, -0.25) is 0 Å². The van der Waals surface area contributed by atoms with Crippen LogP contribution < -0.4 is 0 Å². The molecular formula is C7H17NOSi. The van der Waals surface area contributed by atoms with E-state index >= 15 is 0 Å². The summed E-state index contributed by atoms with van der Waals surface area (Å²) < 4.78 is 0. The maximum absolute atomic E-state index is 8.53. The minimum absolute atomic E-state index is 0.583. The average molecular weight is 159 g/mol. The zero-order valence-corrected chi connectivity index (χ0v) is 9.09. The van der Waals surface area contributed by atoms with E-state index in [2.05, 4.69) is 12.1 Å². The zero-order valence-electron chi connectivity index (χ0n) is 7.09. The van der Waals surface area contributed by atoms with Crippen molar-refractivity contribution < 1.29 is 5.21 Å². The van der Waals surface area contributed by atoms with Gasteiger partial charge in [-0.05, 0) is 18.4 Å². The third-order valence-corrected chi connectivity index (χ3v) is 3.03. The lowest BCUT2D eigenvalue weighted by atomic mass is 10.1. The van der Waals surface area contributed by atoms with E-state index in [0.29, 0.717) is 5.54 Å². The van der Waals surface area contributed by atoms with E-state index in [4.69, 9.17) is 5.21 Å². The fourth-order valence-electron chi connectivity index (χ4n) is 1.12. The van der Waals surface area contributed by atoms with Crippen molar-refractivity contribution in [3.05, 3.63) is 0 Å². The second-order valence-electron chi connectivity index (χ2n) is 2.63. The SMILES string of the molecule is CCCC([SiH3])C(CC)=NO. The van der Waals surface area contributed by atoms with Crippen molar-refractivity contribution >= 4 is 16.0 Å². The van der Waals surface area contributed by atoms with E-state index in [1.165, 1.54) is 12.8 Å². The summed E-state index contributed by atoms with van der Waals surface area (Å²) in [5, 5.41) is 11.8. The molecule has 60 valence electrons. The molecule has 0 radical (unpaired) electrons. The van der Waals surface area contributed by atoms with Crippen molar-refractivity contribution in [2.75, 3.05) is 0 Å². The van der Waals surface area contributed by atoms with Crippen molar-refractivity contribution in [1.29, 1.82) is 0 Å². The average Bonchev–Trinajstić information content (AvgIpc) is 1.91. The molecule has 1 N–H and O–H groups in total. The molecule has 0 saturated heterocycles. The highest BCUT2D eigenvalue weighted by atomic mass is 28.1. The molecule has 0 spiro atoms. The van der Waals surface area contributed by atoms with Crippen LogP contribution in [0.1, 0.15) is 33.1 Å². The second-order valence-corrected chi connectivity index (χ2v) is 4.03. The molecule has 1 unspecified atom stereocenters. The van der Waals surface area contributed by atoms with Gasteiger partial charge in [0.25, 0.3) is 0 Å². The van der Waals surface area contributed by atoms with Gasteiger partial charge in [0, 0.05) is 10.2 Å². The largest absolute Gasteiger partial charge is 0.411 e. The molecule has 0 aromatic carbocycles. The van der Waals surface area contributed by atoms with Crippen molar-refractivity contribution in [2.24, 2.45) is 5.16 Å². The van der Waals surface area contributed by atoms with E-state index in [9.17, 15) is 0 Å². The Morgan fingerprint density at radius 1 is 1.60 bits per heavy atom. The first kappa shape index (κ1) is 9.69. The molecule has 0 aliphatic rings. The maximum Gasteiger partial charge on any atom is 0.0562 e. The molecule has 1 atom stereocenters. The molecule has 0 aliphatic heterocycles. The standard InChI is InChI=1S/C7H17NOSi/c1-3-5-7(10)6(4-2)8-9/h7,9H,3-5H2,1-2,10H3. The summed E-state index contributed by atoms with van der Waals surface area (Å²) in [5.74, 6) is 0. The Morgan fingerprint density at radius 3 is 2.50 bits per heavy atom. The minimum Gasteiger partial charge on any atom is -0.411 e. The van der Waals surface area contributed by atoms with Crippen molar-refractivity contribution in [1.82, 2.24) is 0 Å². The van der Waals surface area contributed by atoms with Gasteiger partial charge >= 0.3 is 0 Å². The lowest BCUT2D eigenvalue weighted by molar-refractivity contribution is 0.316. The lowest BCUT2D eigenvalue weighted by Gasteiger charge is -2.08. The molecule has 0 aromatic rings. The van der Waals surface area contributed by atoms with Gasteiger partial charge in [0.05, 0.1) is 5.71 Å². The normalized spacial score (nSPS) is 15.6. The highest BCUT2D eigenvalue weighted by Gasteiger charge is 2.06. The van der Waals surface area contributed by atoms with Gasteiger partial charge in [-0.1, -0.05) is 25.4 Å². The fraction of sp³-hybridized carbons (Fsp3) is 0.857. The minimum atomic E-state index is 0.583. The van der Waals surface area contributed by atoms with Crippen LogP contribution in [0.25, 0.3) is 0 Å². The molecule has 0 saturated carbocycles. The topological polar surface area (TPSA) is 32.6 Å². The van der Waals surface area contributed by atoms with Crippen LogP contribution in [0.3, 0.4) is 0 Å². The number of oxime groups is 1. The van der Waals surface area contributed by atoms with Gasteiger partial charge in [-0.25, -0.2) is 0 Å². The molecule has 0 aromatic heterocycles. The lowest BCUT2D eigenvalue weighted by Crippen LogP contribution is -2.07. The number of hydrogen-bond donors (Lipinski definition) is 1.